The van der Waals surface area contributed by atoms with Crippen molar-refractivity contribution < 1.29 is 31.2 Å². The minimum absolute atomic E-state index is 0.0182. The van der Waals surface area contributed by atoms with Gasteiger partial charge in [-0.05, 0) is 30.2 Å². The first-order valence-corrected chi connectivity index (χ1v) is 11.7. The number of nitrogens with zero attached hydrogens (tertiary/aromatic N) is 2. The van der Waals surface area contributed by atoms with Crippen molar-refractivity contribution in [3.63, 3.8) is 0 Å². The number of aromatic nitrogens is 1. The molecule has 0 aliphatic heterocycles. The average Bonchev–Trinajstić information content (AvgIpc) is 3.34. The summed E-state index contributed by atoms with van der Waals surface area (Å²) in [6.45, 7) is 1.68. The molecule has 1 aromatic heterocycles. The molecule has 3 aromatic carbocycles. The third kappa shape index (κ3) is 7.04. The fourth-order valence-corrected chi connectivity index (χ4v) is 3.94. The fraction of sp³-hybridized carbons (Fsp3) is 0.214. The number of rotatable bonds is 9. The molecule has 0 unspecified atom stereocenters. The van der Waals surface area contributed by atoms with Crippen LogP contribution in [0.3, 0.4) is 0 Å². The van der Waals surface area contributed by atoms with Crippen molar-refractivity contribution in [1.82, 2.24) is 15.2 Å². The highest BCUT2D eigenvalue weighted by Gasteiger charge is 2.30. The lowest BCUT2D eigenvalue weighted by molar-refractivity contribution is -0.137. The van der Waals surface area contributed by atoms with Crippen LogP contribution >= 0.6 is 0 Å². The molecular weight excluding hydrogens is 505 g/mol. The first-order valence-electron chi connectivity index (χ1n) is 11.7. The summed E-state index contributed by atoms with van der Waals surface area (Å²) in [5.41, 5.74) is 0.571. The second kappa shape index (κ2) is 11.6. The molecule has 198 valence electrons. The van der Waals surface area contributed by atoms with Crippen molar-refractivity contribution in [2.24, 2.45) is 0 Å². The van der Waals surface area contributed by atoms with Crippen LogP contribution in [0.5, 0.6) is 0 Å². The third-order valence-corrected chi connectivity index (χ3v) is 5.86. The normalized spacial score (nSPS) is 12.5. The number of carbonyl (C=O) groups excluding carboxylic acids is 1. The van der Waals surface area contributed by atoms with Gasteiger partial charge in [-0.1, -0.05) is 54.6 Å². The lowest BCUT2D eigenvalue weighted by Gasteiger charge is -2.22. The first kappa shape index (κ1) is 27.0. The predicted molar refractivity (Wildman–Crippen MR) is 130 cm³/mol. The number of alkyl halides is 3. The monoisotopic (exact) mass is 529 g/mol. The standard InChI is InChI=1S/C28H24F5N3O2/c1-18(20-7-3-2-4-8-20)34-27(37)25-17-38-26(35-25)16-36(15-21-10-11-23(29)13-24(21)30)14-19-6-5-9-22(12-19)28(31,32)33/h2-13,17-18H,14-16H2,1H3,(H,34,37)/t18-/m0/s1. The molecule has 5 nitrogen and oxygen atoms in total. The molecule has 0 saturated carbocycles. The smallest absolute Gasteiger partial charge is 0.416 e. The van der Waals surface area contributed by atoms with Crippen LogP contribution in [0, 0.1) is 11.6 Å². The van der Waals surface area contributed by atoms with Crippen molar-refractivity contribution in [2.75, 3.05) is 0 Å². The van der Waals surface area contributed by atoms with E-state index in [1.807, 2.05) is 37.3 Å². The molecule has 1 atom stereocenters. The maximum atomic E-state index is 14.4. The number of hydrogen-bond donors (Lipinski definition) is 1. The van der Waals surface area contributed by atoms with Gasteiger partial charge in [0, 0.05) is 24.7 Å². The minimum atomic E-state index is -4.52. The fourth-order valence-electron chi connectivity index (χ4n) is 3.94. The highest BCUT2D eigenvalue weighted by atomic mass is 19.4. The largest absolute Gasteiger partial charge is 0.447 e. The van der Waals surface area contributed by atoms with E-state index in [1.165, 1.54) is 24.5 Å². The summed E-state index contributed by atoms with van der Waals surface area (Å²) in [5.74, 6) is -1.90. The van der Waals surface area contributed by atoms with Crippen LogP contribution < -0.4 is 5.32 Å². The second-order valence-corrected chi connectivity index (χ2v) is 8.81. The van der Waals surface area contributed by atoms with Crippen LogP contribution in [0.4, 0.5) is 22.0 Å². The SMILES string of the molecule is C[C@H](NC(=O)c1coc(CN(Cc2cccc(C(F)(F)F)c2)Cc2ccc(F)cc2F)n1)c1ccccc1. The molecule has 1 heterocycles. The lowest BCUT2D eigenvalue weighted by Crippen LogP contribution is -2.27. The van der Waals surface area contributed by atoms with Gasteiger partial charge in [0.2, 0.25) is 5.89 Å². The van der Waals surface area contributed by atoms with Crippen molar-refractivity contribution in [3.05, 3.63) is 125 Å². The van der Waals surface area contributed by atoms with Crippen LogP contribution in [-0.4, -0.2) is 15.8 Å². The third-order valence-electron chi connectivity index (χ3n) is 5.86. The van der Waals surface area contributed by atoms with Gasteiger partial charge in [0.1, 0.15) is 17.9 Å². The Kier molecular flexibility index (Phi) is 8.21. The van der Waals surface area contributed by atoms with Crippen molar-refractivity contribution in [1.29, 1.82) is 0 Å². The molecule has 0 saturated heterocycles. The molecule has 1 amide bonds. The molecule has 0 fully saturated rings. The van der Waals surface area contributed by atoms with Crippen LogP contribution in [0.2, 0.25) is 0 Å². The van der Waals surface area contributed by atoms with Crippen molar-refractivity contribution >= 4 is 5.91 Å². The van der Waals surface area contributed by atoms with Crippen LogP contribution in [0.25, 0.3) is 0 Å². The van der Waals surface area contributed by atoms with E-state index in [9.17, 15) is 26.7 Å². The highest BCUT2D eigenvalue weighted by molar-refractivity contribution is 5.92. The van der Waals surface area contributed by atoms with E-state index in [2.05, 4.69) is 10.3 Å². The van der Waals surface area contributed by atoms with Crippen LogP contribution in [0.1, 0.15) is 51.6 Å². The van der Waals surface area contributed by atoms with E-state index in [4.69, 9.17) is 4.42 Å². The summed E-state index contributed by atoms with van der Waals surface area (Å²) in [6, 6.07) is 16.9. The number of amides is 1. The molecule has 4 aromatic rings. The minimum Gasteiger partial charge on any atom is -0.447 e. The summed E-state index contributed by atoms with van der Waals surface area (Å²) in [6.07, 6.45) is -3.34. The van der Waals surface area contributed by atoms with Gasteiger partial charge in [0.15, 0.2) is 5.69 Å². The Morgan fingerprint density at radius 1 is 0.974 bits per heavy atom. The van der Waals surface area contributed by atoms with Crippen molar-refractivity contribution in [3.8, 4) is 0 Å². The number of hydrogen-bond acceptors (Lipinski definition) is 4. The van der Waals surface area contributed by atoms with E-state index < -0.39 is 29.3 Å². The molecule has 0 bridgehead atoms. The zero-order valence-electron chi connectivity index (χ0n) is 20.3. The maximum absolute atomic E-state index is 14.4. The second-order valence-electron chi connectivity index (χ2n) is 8.81. The van der Waals surface area contributed by atoms with Gasteiger partial charge < -0.3 is 9.73 Å². The van der Waals surface area contributed by atoms with Gasteiger partial charge >= 0.3 is 6.18 Å². The van der Waals surface area contributed by atoms with E-state index in [0.29, 0.717) is 5.56 Å². The predicted octanol–water partition coefficient (Wildman–Crippen LogP) is 6.67. The first-order chi connectivity index (χ1) is 18.1. The summed E-state index contributed by atoms with van der Waals surface area (Å²) in [5, 5.41) is 2.83. The zero-order valence-corrected chi connectivity index (χ0v) is 20.3. The Hall–Kier alpha value is -4.05. The Balaban J connectivity index is 1.52. The topological polar surface area (TPSA) is 58.4 Å². The number of halogens is 5. The lowest BCUT2D eigenvalue weighted by atomic mass is 10.1. The number of oxazole rings is 1. The van der Waals surface area contributed by atoms with E-state index in [-0.39, 0.29) is 42.8 Å². The Labute approximate surface area is 215 Å². The Morgan fingerprint density at radius 3 is 2.45 bits per heavy atom. The Bertz CT molecular complexity index is 1390. The van der Waals surface area contributed by atoms with Crippen LogP contribution in [0.15, 0.2) is 83.5 Å². The van der Waals surface area contributed by atoms with Gasteiger partial charge in [-0.15, -0.1) is 0 Å². The van der Waals surface area contributed by atoms with Gasteiger partial charge in [-0.3, -0.25) is 9.69 Å². The van der Waals surface area contributed by atoms with Crippen LogP contribution in [-0.2, 0) is 25.8 Å². The van der Waals surface area contributed by atoms with Gasteiger partial charge in [0.25, 0.3) is 5.91 Å². The summed E-state index contributed by atoms with van der Waals surface area (Å²) in [7, 11) is 0. The van der Waals surface area contributed by atoms with Gasteiger partial charge in [-0.25, -0.2) is 13.8 Å². The molecule has 10 heteroatoms. The zero-order chi connectivity index (χ0) is 27.3. The molecule has 0 aliphatic rings. The molecule has 0 aliphatic carbocycles. The molecule has 4 rings (SSSR count). The van der Waals surface area contributed by atoms with E-state index >= 15 is 0 Å². The molecule has 0 radical (unpaired) electrons. The quantitative estimate of drug-likeness (QED) is 0.246. The molecular formula is C28H24F5N3O2. The van der Waals surface area contributed by atoms with Gasteiger partial charge in [0.05, 0.1) is 18.2 Å². The highest BCUT2D eigenvalue weighted by Crippen LogP contribution is 2.30. The Morgan fingerprint density at radius 2 is 1.74 bits per heavy atom. The van der Waals surface area contributed by atoms with Crippen molar-refractivity contribution in [2.45, 2.75) is 38.8 Å². The number of nitrogens with one attached hydrogen (secondary N) is 1. The number of benzene rings is 3. The molecule has 0 spiro atoms. The summed E-state index contributed by atoms with van der Waals surface area (Å²) < 4.78 is 72.8. The molecule has 1 N–H and O–H groups in total. The van der Waals surface area contributed by atoms with E-state index in [1.54, 1.807) is 4.90 Å². The number of carbonyl (C=O) groups is 1. The summed E-state index contributed by atoms with van der Waals surface area (Å²) >= 11 is 0. The summed E-state index contributed by atoms with van der Waals surface area (Å²) in [4.78, 5) is 18.5. The molecule has 38 heavy (non-hydrogen) atoms. The maximum Gasteiger partial charge on any atom is 0.416 e. The average molecular weight is 530 g/mol. The van der Waals surface area contributed by atoms with Gasteiger partial charge in [-0.2, -0.15) is 13.2 Å². The van der Waals surface area contributed by atoms with E-state index in [0.717, 1.165) is 29.8 Å².